The van der Waals surface area contributed by atoms with Crippen molar-refractivity contribution in [3.05, 3.63) is 34.1 Å². The molecule has 5 nitrogen and oxygen atoms in total. The Labute approximate surface area is 165 Å². The topological polar surface area (TPSA) is 62.7 Å². The number of carbonyl (C=O) groups is 1. The Morgan fingerprint density at radius 1 is 1.15 bits per heavy atom. The number of unbranched alkanes of at least 4 members (excludes halogenated alkanes) is 6. The van der Waals surface area contributed by atoms with Gasteiger partial charge in [-0.2, -0.15) is 5.10 Å². The van der Waals surface area contributed by atoms with Crippen molar-refractivity contribution in [1.29, 1.82) is 0 Å². The van der Waals surface area contributed by atoms with Crippen molar-refractivity contribution in [1.82, 2.24) is 20.1 Å². The van der Waals surface area contributed by atoms with Crippen LogP contribution >= 0.6 is 23.8 Å². The molecule has 1 heterocycles. The lowest BCUT2D eigenvalue weighted by Gasteiger charge is -2.08. The summed E-state index contributed by atoms with van der Waals surface area (Å²) in [5.41, 5.74) is 0.863. The second-order valence-electron chi connectivity index (χ2n) is 6.42. The van der Waals surface area contributed by atoms with E-state index >= 15 is 0 Å². The first kappa shape index (κ1) is 20.6. The van der Waals surface area contributed by atoms with Crippen LogP contribution in [0, 0.1) is 4.77 Å². The minimum absolute atomic E-state index is 0.0521. The second kappa shape index (κ2) is 11.1. The maximum absolute atomic E-state index is 12.2. The zero-order valence-corrected chi connectivity index (χ0v) is 16.8. The molecule has 0 saturated heterocycles. The number of aromatic nitrogens is 3. The Hall–Kier alpha value is -1.66. The lowest BCUT2D eigenvalue weighted by atomic mass is 10.1. The summed E-state index contributed by atoms with van der Waals surface area (Å²) in [4.78, 5) is 12.2. The summed E-state index contributed by atoms with van der Waals surface area (Å²) in [6.45, 7) is 3.08. The number of aromatic amines is 1. The minimum Gasteiger partial charge on any atom is -0.355 e. The second-order valence-corrected chi connectivity index (χ2v) is 7.24. The van der Waals surface area contributed by atoms with Gasteiger partial charge in [-0.3, -0.25) is 14.5 Å². The van der Waals surface area contributed by atoms with Gasteiger partial charge in [0.1, 0.15) is 6.54 Å². The van der Waals surface area contributed by atoms with Gasteiger partial charge in [0.2, 0.25) is 5.91 Å². The lowest BCUT2D eigenvalue weighted by molar-refractivity contribution is -0.121. The number of benzene rings is 1. The molecule has 0 aliphatic carbocycles. The van der Waals surface area contributed by atoms with Crippen molar-refractivity contribution in [3.8, 4) is 11.4 Å². The van der Waals surface area contributed by atoms with E-state index in [1.807, 2.05) is 12.1 Å². The highest BCUT2D eigenvalue weighted by molar-refractivity contribution is 7.71. The van der Waals surface area contributed by atoms with Crippen LogP contribution in [-0.2, 0) is 11.3 Å². The van der Waals surface area contributed by atoms with Gasteiger partial charge in [-0.1, -0.05) is 57.0 Å². The van der Waals surface area contributed by atoms with E-state index in [0.717, 1.165) is 18.4 Å². The number of hydrogen-bond acceptors (Lipinski definition) is 3. The van der Waals surface area contributed by atoms with Crippen molar-refractivity contribution < 1.29 is 4.79 Å². The molecule has 0 aliphatic rings. The maximum Gasteiger partial charge on any atom is 0.240 e. The molecular formula is C19H27ClN4OS. The van der Waals surface area contributed by atoms with Gasteiger partial charge in [0.15, 0.2) is 10.6 Å². The fourth-order valence-electron chi connectivity index (χ4n) is 2.79. The molecule has 0 bridgehead atoms. The fourth-order valence-corrected chi connectivity index (χ4v) is 3.12. The summed E-state index contributed by atoms with van der Waals surface area (Å²) in [5, 5.41) is 10.6. The molecule has 0 saturated carbocycles. The fraction of sp³-hybridized carbons (Fsp3) is 0.526. The van der Waals surface area contributed by atoms with Gasteiger partial charge < -0.3 is 5.32 Å². The molecule has 2 N–H and O–H groups in total. The molecule has 0 radical (unpaired) electrons. The Kier molecular flexibility index (Phi) is 8.85. The Balaban J connectivity index is 1.80. The van der Waals surface area contributed by atoms with Crippen LogP contribution in [0.4, 0.5) is 0 Å². The van der Waals surface area contributed by atoms with Gasteiger partial charge in [-0.15, -0.1) is 0 Å². The largest absolute Gasteiger partial charge is 0.355 e. The van der Waals surface area contributed by atoms with Crippen LogP contribution in [-0.4, -0.2) is 27.2 Å². The van der Waals surface area contributed by atoms with Gasteiger partial charge in [-0.05, 0) is 42.9 Å². The van der Waals surface area contributed by atoms with E-state index in [1.54, 1.807) is 16.7 Å². The molecule has 0 unspecified atom stereocenters. The van der Waals surface area contributed by atoms with Gasteiger partial charge in [0.05, 0.1) is 0 Å². The molecule has 1 amide bonds. The first-order valence-corrected chi connectivity index (χ1v) is 10.1. The highest BCUT2D eigenvalue weighted by atomic mass is 35.5. The molecule has 0 atom stereocenters. The van der Waals surface area contributed by atoms with Crippen molar-refractivity contribution >= 4 is 29.7 Å². The third-order valence-electron chi connectivity index (χ3n) is 4.26. The smallest absolute Gasteiger partial charge is 0.240 e. The number of halogens is 1. The SMILES string of the molecule is CCCCCCCCCNC(=O)Cn1c(-c2ccc(Cl)cc2)n[nH]c1=S. The van der Waals surface area contributed by atoms with E-state index in [0.29, 0.717) is 22.2 Å². The summed E-state index contributed by atoms with van der Waals surface area (Å²) in [6.07, 6.45) is 8.60. The number of hydrogen-bond donors (Lipinski definition) is 2. The van der Waals surface area contributed by atoms with Crippen LogP contribution in [0.25, 0.3) is 11.4 Å². The normalized spacial score (nSPS) is 10.8. The highest BCUT2D eigenvalue weighted by Crippen LogP contribution is 2.19. The van der Waals surface area contributed by atoms with Crippen molar-refractivity contribution in [2.75, 3.05) is 6.54 Å². The molecule has 0 fully saturated rings. The molecule has 1 aromatic heterocycles. The van der Waals surface area contributed by atoms with Gasteiger partial charge in [-0.25, -0.2) is 0 Å². The number of carbonyl (C=O) groups excluding carboxylic acids is 1. The van der Waals surface area contributed by atoms with E-state index in [-0.39, 0.29) is 12.5 Å². The van der Waals surface area contributed by atoms with Gasteiger partial charge >= 0.3 is 0 Å². The number of nitrogens with zero attached hydrogens (tertiary/aromatic N) is 2. The summed E-state index contributed by atoms with van der Waals surface area (Å²) in [7, 11) is 0. The maximum atomic E-state index is 12.2. The predicted octanol–water partition coefficient (Wildman–Crippen LogP) is 5.13. The van der Waals surface area contributed by atoms with Crippen LogP contribution in [0.3, 0.4) is 0 Å². The predicted molar refractivity (Wildman–Crippen MR) is 109 cm³/mol. The molecule has 2 rings (SSSR count). The summed E-state index contributed by atoms with van der Waals surface area (Å²) in [6, 6.07) is 7.31. The van der Waals surface area contributed by atoms with E-state index < -0.39 is 0 Å². The standard InChI is InChI=1S/C19H27ClN4OS/c1-2-3-4-5-6-7-8-13-21-17(25)14-24-18(22-23-19(24)26)15-9-11-16(20)12-10-15/h9-12H,2-8,13-14H2,1H3,(H,21,25)(H,23,26). The highest BCUT2D eigenvalue weighted by Gasteiger charge is 2.12. The van der Waals surface area contributed by atoms with Crippen molar-refractivity contribution in [3.63, 3.8) is 0 Å². The quantitative estimate of drug-likeness (QED) is 0.410. The number of amides is 1. The van der Waals surface area contributed by atoms with E-state index in [1.165, 1.54) is 32.1 Å². The Bertz CT molecular complexity index is 739. The zero-order valence-electron chi connectivity index (χ0n) is 15.3. The van der Waals surface area contributed by atoms with Gasteiger partial charge in [0, 0.05) is 17.1 Å². The van der Waals surface area contributed by atoms with Crippen molar-refractivity contribution in [2.45, 2.75) is 58.4 Å². The third-order valence-corrected chi connectivity index (χ3v) is 4.83. The molecular weight excluding hydrogens is 368 g/mol. The zero-order chi connectivity index (χ0) is 18.8. The van der Waals surface area contributed by atoms with E-state index in [4.69, 9.17) is 23.8 Å². The summed E-state index contributed by atoms with van der Waals surface area (Å²) in [5.74, 6) is 0.585. The minimum atomic E-state index is -0.0521. The lowest BCUT2D eigenvalue weighted by Crippen LogP contribution is -2.28. The van der Waals surface area contributed by atoms with Crippen LogP contribution in [0.2, 0.25) is 5.02 Å². The average Bonchev–Trinajstić information content (AvgIpc) is 2.98. The molecule has 0 spiro atoms. The molecule has 26 heavy (non-hydrogen) atoms. The first-order chi connectivity index (χ1) is 12.6. The number of H-pyrrole nitrogens is 1. The Morgan fingerprint density at radius 3 is 2.50 bits per heavy atom. The molecule has 0 aliphatic heterocycles. The van der Waals surface area contributed by atoms with Crippen LogP contribution in [0.5, 0.6) is 0 Å². The van der Waals surface area contributed by atoms with E-state index in [9.17, 15) is 4.79 Å². The average molecular weight is 395 g/mol. The first-order valence-electron chi connectivity index (χ1n) is 9.29. The van der Waals surface area contributed by atoms with Crippen LogP contribution < -0.4 is 5.32 Å². The molecule has 7 heteroatoms. The molecule has 142 valence electrons. The van der Waals surface area contributed by atoms with Gasteiger partial charge in [0.25, 0.3) is 0 Å². The van der Waals surface area contributed by atoms with Crippen molar-refractivity contribution in [2.24, 2.45) is 0 Å². The number of rotatable bonds is 11. The number of nitrogens with one attached hydrogen (secondary N) is 2. The summed E-state index contributed by atoms with van der Waals surface area (Å²) >= 11 is 11.2. The molecule has 2 aromatic rings. The summed E-state index contributed by atoms with van der Waals surface area (Å²) < 4.78 is 2.14. The van der Waals surface area contributed by atoms with Crippen LogP contribution in [0.15, 0.2) is 24.3 Å². The van der Waals surface area contributed by atoms with Crippen LogP contribution in [0.1, 0.15) is 51.9 Å². The third kappa shape index (κ3) is 6.57. The van der Waals surface area contributed by atoms with E-state index in [2.05, 4.69) is 22.4 Å². The monoisotopic (exact) mass is 394 g/mol. The Morgan fingerprint density at radius 2 is 1.81 bits per heavy atom. The molecule has 1 aromatic carbocycles.